The van der Waals surface area contributed by atoms with Crippen LogP contribution in [0.4, 0.5) is 25.8 Å². The van der Waals surface area contributed by atoms with Gasteiger partial charge in [-0.3, -0.25) is 34.3 Å². The van der Waals surface area contributed by atoms with Crippen molar-refractivity contribution in [3.8, 4) is 10.4 Å². The Labute approximate surface area is 507 Å². The van der Waals surface area contributed by atoms with Gasteiger partial charge in [0.1, 0.15) is 29.6 Å². The summed E-state index contributed by atoms with van der Waals surface area (Å²) in [6.07, 6.45) is 8.91. The summed E-state index contributed by atoms with van der Waals surface area (Å²) in [4.78, 5) is 79.0. The summed E-state index contributed by atoms with van der Waals surface area (Å²) in [5.41, 5.74) is 14.0. The van der Waals surface area contributed by atoms with Crippen molar-refractivity contribution >= 4 is 63.8 Å². The number of hydrogen-bond acceptors (Lipinski definition) is 14. The topological polar surface area (TPSA) is 247 Å². The molecule has 0 aliphatic carbocycles. The molecular formula is C65H85F2N11O7S. The maximum absolute atomic E-state index is 14.1. The Morgan fingerprint density at radius 2 is 1.48 bits per heavy atom. The average Bonchev–Trinajstić information content (AvgIpc) is 4.28. The number of unbranched alkanes of at least 4 members (excludes halogenated alkanes) is 7. The Balaban J connectivity index is 0.696. The standard InChI is InChI=1S/C65H85F2N11O7S/c1-42-59(86-41-72-42)46-17-14-43(15-18-46)38-71-63(83)56-37-51(79)39-78(56)64(84)60(65(2,3)4)74-57(80)13-11-9-7-5-6-8-10-12-24-70-58(81)40-76-25-27-77(28-26-76)50-19-20-52(55(36-50)73-49-22-29-85-30-23-49)62(82)75-61(69)53-34-44(16-21-54(53)68)31-45-32-47(66)35-48(67)33-45/h14-21,32-36,41,49,51,56,60,73,79H,5-13,22-31,37-40,68H2,1-4H3,(H,70,81)(H,71,83)(H,74,80)(H2,69,75,82)/t51-,56+,60-/m1/s1. The highest BCUT2D eigenvalue weighted by atomic mass is 32.1. The molecule has 3 aliphatic rings. The van der Waals surface area contributed by atoms with E-state index in [9.17, 15) is 37.9 Å². The number of anilines is 3. The zero-order valence-corrected chi connectivity index (χ0v) is 50.9. The lowest BCUT2D eigenvalue weighted by molar-refractivity contribution is -0.144. The molecule has 3 saturated heterocycles. The van der Waals surface area contributed by atoms with E-state index in [1.807, 2.05) is 69.6 Å². The number of carbonyl (C=O) groups excluding carboxylic acids is 5. The molecular weight excluding hydrogens is 1120 g/mol. The molecule has 4 heterocycles. The molecule has 1 aromatic heterocycles. The molecule has 0 bridgehead atoms. The van der Waals surface area contributed by atoms with E-state index in [1.54, 1.807) is 35.6 Å². The van der Waals surface area contributed by atoms with Gasteiger partial charge in [0.2, 0.25) is 23.6 Å². The third-order valence-electron chi connectivity index (χ3n) is 16.3. The van der Waals surface area contributed by atoms with E-state index < -0.39 is 41.1 Å². The third-order valence-corrected chi connectivity index (χ3v) is 17.2. The number of carbonyl (C=O) groups is 5. The molecule has 9 N–H and O–H groups in total. The molecule has 0 saturated carbocycles. The van der Waals surface area contributed by atoms with Gasteiger partial charge >= 0.3 is 0 Å². The summed E-state index contributed by atoms with van der Waals surface area (Å²) < 4.78 is 33.4. The van der Waals surface area contributed by atoms with E-state index in [2.05, 4.69) is 41.4 Å². The SMILES string of the molecule is Cc1ncsc1-c1ccc(CNC(=O)[C@@H]2C[C@@H](O)CN2C(=O)[C@@H](NC(=O)CCCCCCCCCCNC(=O)CN2CCN(c3ccc(C(=O)NC(=N)c4cc(Cc5cc(F)cc(F)c5)ccc4N)c(NC4CCOCC4)c3)CC2)C(C)(C)C)cc1. The normalized spacial score (nSPS) is 17.0. The number of ether oxygens (including phenoxy) is 1. The number of likely N-dealkylation sites (tertiary alicyclic amines) is 1. The summed E-state index contributed by atoms with van der Waals surface area (Å²) in [5, 5.41) is 34.8. The van der Waals surface area contributed by atoms with E-state index in [0.717, 1.165) is 91.2 Å². The lowest BCUT2D eigenvalue weighted by atomic mass is 9.85. The first-order valence-electron chi connectivity index (χ1n) is 30.3. The van der Waals surface area contributed by atoms with Crippen LogP contribution in [0.2, 0.25) is 0 Å². The number of benzene rings is 4. The van der Waals surface area contributed by atoms with Gasteiger partial charge < -0.3 is 52.0 Å². The fourth-order valence-electron chi connectivity index (χ4n) is 11.4. The van der Waals surface area contributed by atoms with Crippen LogP contribution in [0.15, 0.2) is 84.4 Å². The van der Waals surface area contributed by atoms with Gasteiger partial charge in [-0.25, -0.2) is 13.8 Å². The second kappa shape index (κ2) is 30.8. The molecule has 0 spiro atoms. The van der Waals surface area contributed by atoms with Crippen molar-refractivity contribution < 1.29 is 42.6 Å². The Kier molecular flexibility index (Phi) is 23.2. The summed E-state index contributed by atoms with van der Waals surface area (Å²) in [5.74, 6) is -2.99. The zero-order valence-electron chi connectivity index (χ0n) is 50.1. The molecule has 4 aromatic carbocycles. The maximum Gasteiger partial charge on any atom is 0.258 e. The summed E-state index contributed by atoms with van der Waals surface area (Å²) in [6.45, 7) is 12.8. The van der Waals surface area contributed by atoms with Crippen LogP contribution >= 0.6 is 11.3 Å². The number of aromatic nitrogens is 1. The number of nitrogen functional groups attached to an aromatic ring is 1. The molecule has 0 radical (unpaired) electrons. The van der Waals surface area contributed by atoms with Crippen LogP contribution in [0.3, 0.4) is 0 Å². The number of β-amino-alcohol motifs (C(OH)–C–C–N with tert-alkyl or cyclic N) is 1. The van der Waals surface area contributed by atoms with E-state index in [-0.39, 0.29) is 79.1 Å². The zero-order chi connectivity index (χ0) is 61.3. The Morgan fingerprint density at radius 1 is 0.802 bits per heavy atom. The van der Waals surface area contributed by atoms with Gasteiger partial charge in [-0.15, -0.1) is 11.3 Å². The number of halogens is 2. The number of aryl methyl sites for hydroxylation is 1. The van der Waals surface area contributed by atoms with Gasteiger partial charge in [0.25, 0.3) is 5.91 Å². The molecule has 3 fully saturated rings. The molecule has 3 aliphatic heterocycles. The molecule has 462 valence electrons. The Bertz CT molecular complexity index is 3120. The van der Waals surface area contributed by atoms with Crippen LogP contribution in [-0.4, -0.2) is 139 Å². The van der Waals surface area contributed by atoms with Gasteiger partial charge in [-0.1, -0.05) is 89.6 Å². The van der Waals surface area contributed by atoms with Crippen LogP contribution in [0, 0.1) is 29.4 Å². The van der Waals surface area contributed by atoms with Crippen molar-refractivity contribution in [3.63, 3.8) is 0 Å². The fraction of sp³-hybridized carbons (Fsp3) is 0.492. The van der Waals surface area contributed by atoms with Crippen LogP contribution in [0.1, 0.15) is 136 Å². The third kappa shape index (κ3) is 18.6. The second-order valence-corrected chi connectivity index (χ2v) is 25.0. The van der Waals surface area contributed by atoms with Crippen molar-refractivity contribution in [2.24, 2.45) is 5.41 Å². The van der Waals surface area contributed by atoms with Gasteiger partial charge in [0, 0.05) is 107 Å². The van der Waals surface area contributed by atoms with Crippen molar-refractivity contribution in [1.29, 1.82) is 5.41 Å². The van der Waals surface area contributed by atoms with Gasteiger partial charge in [0.15, 0.2) is 0 Å². The predicted octanol–water partition coefficient (Wildman–Crippen LogP) is 8.47. The summed E-state index contributed by atoms with van der Waals surface area (Å²) >= 11 is 1.58. The molecule has 21 heteroatoms. The van der Waals surface area contributed by atoms with Gasteiger partial charge in [-0.05, 0) is 109 Å². The van der Waals surface area contributed by atoms with Crippen molar-refractivity contribution in [1.82, 2.24) is 36.1 Å². The summed E-state index contributed by atoms with van der Waals surface area (Å²) in [7, 11) is 0. The summed E-state index contributed by atoms with van der Waals surface area (Å²) in [6, 6.07) is 20.2. The molecule has 18 nitrogen and oxygen atoms in total. The van der Waals surface area contributed by atoms with E-state index >= 15 is 0 Å². The average molecular weight is 1200 g/mol. The number of amides is 5. The monoisotopic (exact) mass is 1200 g/mol. The first kappa shape index (κ1) is 64.7. The predicted molar refractivity (Wildman–Crippen MR) is 333 cm³/mol. The van der Waals surface area contributed by atoms with Crippen LogP contribution < -0.4 is 37.2 Å². The van der Waals surface area contributed by atoms with Crippen molar-refractivity contribution in [3.05, 3.63) is 130 Å². The van der Waals surface area contributed by atoms with Crippen LogP contribution in [-0.2, 0) is 36.9 Å². The lowest BCUT2D eigenvalue weighted by Crippen LogP contribution is -2.57. The minimum absolute atomic E-state index is 0.00134. The Morgan fingerprint density at radius 3 is 2.15 bits per heavy atom. The number of hydrogen-bond donors (Lipinski definition) is 8. The van der Waals surface area contributed by atoms with Crippen molar-refractivity contribution in [2.75, 3.05) is 75.0 Å². The number of rotatable bonds is 26. The second-order valence-electron chi connectivity index (χ2n) is 24.1. The van der Waals surface area contributed by atoms with Gasteiger partial charge in [0.05, 0.1) is 34.3 Å². The van der Waals surface area contributed by atoms with E-state index in [4.69, 9.17) is 15.9 Å². The fourth-order valence-corrected chi connectivity index (χ4v) is 12.2. The molecule has 8 rings (SSSR count). The highest BCUT2D eigenvalue weighted by Crippen LogP contribution is 2.31. The molecule has 5 aromatic rings. The maximum atomic E-state index is 14.1. The van der Waals surface area contributed by atoms with Gasteiger partial charge in [-0.2, -0.15) is 0 Å². The lowest BCUT2D eigenvalue weighted by Gasteiger charge is -2.36. The first-order valence-corrected chi connectivity index (χ1v) is 31.2. The number of nitrogens with one attached hydrogen (secondary N) is 6. The smallest absolute Gasteiger partial charge is 0.258 e. The molecule has 0 unspecified atom stereocenters. The quantitative estimate of drug-likeness (QED) is 0.0112. The number of aliphatic hydroxyl groups is 1. The largest absolute Gasteiger partial charge is 0.398 e. The number of amidine groups is 1. The first-order chi connectivity index (χ1) is 41.3. The number of piperazine rings is 1. The molecule has 3 atom stereocenters. The molecule has 86 heavy (non-hydrogen) atoms. The highest BCUT2D eigenvalue weighted by Gasteiger charge is 2.44. The van der Waals surface area contributed by atoms with Crippen LogP contribution in [0.25, 0.3) is 10.4 Å². The number of aliphatic hydroxyl groups excluding tert-OH is 1. The number of nitrogens with two attached hydrogens (primary N) is 1. The van der Waals surface area contributed by atoms with Crippen LogP contribution in [0.5, 0.6) is 0 Å². The minimum Gasteiger partial charge on any atom is -0.398 e. The minimum atomic E-state index is -0.870. The van der Waals surface area contributed by atoms with Crippen molar-refractivity contribution in [2.45, 2.75) is 142 Å². The molecule has 5 amide bonds. The Hall–Kier alpha value is -7.33. The van der Waals surface area contributed by atoms with E-state index in [1.165, 1.54) is 17.0 Å². The highest BCUT2D eigenvalue weighted by molar-refractivity contribution is 7.13. The number of thiazole rings is 1. The van der Waals surface area contributed by atoms with E-state index in [0.29, 0.717) is 81.3 Å². The number of nitrogens with zero attached hydrogens (tertiary/aromatic N) is 4.